The van der Waals surface area contributed by atoms with Crippen molar-refractivity contribution in [2.75, 3.05) is 25.1 Å². The lowest BCUT2D eigenvalue weighted by Crippen LogP contribution is -2.36. The van der Waals surface area contributed by atoms with Crippen LogP contribution >= 0.6 is 0 Å². The molecule has 0 aliphatic carbocycles. The molecule has 0 aromatic heterocycles. The van der Waals surface area contributed by atoms with E-state index < -0.39 is 0 Å². The molecule has 1 aromatic carbocycles. The van der Waals surface area contributed by atoms with Crippen molar-refractivity contribution in [1.29, 1.82) is 0 Å². The van der Waals surface area contributed by atoms with Crippen LogP contribution in [0.3, 0.4) is 0 Å². The van der Waals surface area contributed by atoms with E-state index in [-0.39, 0.29) is 17.9 Å². The van der Waals surface area contributed by atoms with Gasteiger partial charge in [-0.25, -0.2) is 4.79 Å². The lowest BCUT2D eigenvalue weighted by Gasteiger charge is -2.17. The molecule has 1 amide bonds. The van der Waals surface area contributed by atoms with Crippen LogP contribution in [0.25, 0.3) is 0 Å². The molecule has 0 radical (unpaired) electrons. The number of nitrogens with one attached hydrogen (secondary N) is 1. The van der Waals surface area contributed by atoms with Gasteiger partial charge in [-0.15, -0.1) is 0 Å². The summed E-state index contributed by atoms with van der Waals surface area (Å²) in [6.45, 7) is 5.04. The van der Waals surface area contributed by atoms with E-state index in [9.17, 15) is 9.59 Å². The molecule has 2 rings (SSSR count). The molecule has 0 saturated carbocycles. The van der Waals surface area contributed by atoms with Gasteiger partial charge in [0, 0.05) is 12.2 Å². The first-order chi connectivity index (χ1) is 10.0. The Hall–Kier alpha value is -1.88. The van der Waals surface area contributed by atoms with E-state index in [2.05, 4.69) is 5.32 Å². The van der Waals surface area contributed by atoms with Gasteiger partial charge >= 0.3 is 5.97 Å². The Morgan fingerprint density at radius 2 is 2.24 bits per heavy atom. The van der Waals surface area contributed by atoms with Crippen LogP contribution in [0.1, 0.15) is 30.6 Å². The molecular formula is C16H22N2O3. The van der Waals surface area contributed by atoms with Gasteiger partial charge in [0.2, 0.25) is 5.91 Å². The Balaban J connectivity index is 2.11. The van der Waals surface area contributed by atoms with E-state index >= 15 is 0 Å². The Morgan fingerprint density at radius 3 is 2.86 bits per heavy atom. The van der Waals surface area contributed by atoms with Gasteiger partial charge in [0.05, 0.1) is 18.2 Å². The molecule has 1 atom stereocenters. The summed E-state index contributed by atoms with van der Waals surface area (Å²) in [6.07, 6.45) is 0.775. The smallest absolute Gasteiger partial charge is 0.338 e. The van der Waals surface area contributed by atoms with Crippen molar-refractivity contribution >= 4 is 17.6 Å². The maximum atomic E-state index is 12.2. The number of anilines is 1. The van der Waals surface area contributed by atoms with E-state index in [0.717, 1.165) is 12.1 Å². The zero-order chi connectivity index (χ0) is 15.4. The van der Waals surface area contributed by atoms with Gasteiger partial charge in [-0.3, -0.25) is 4.79 Å². The zero-order valence-electron chi connectivity index (χ0n) is 12.8. The lowest BCUT2D eigenvalue weighted by atomic mass is 10.2. The molecule has 1 N–H and O–H groups in total. The summed E-state index contributed by atoms with van der Waals surface area (Å²) in [7, 11) is 1.78. The van der Waals surface area contributed by atoms with Crippen molar-refractivity contribution in [3.8, 4) is 0 Å². The van der Waals surface area contributed by atoms with Crippen molar-refractivity contribution in [3.05, 3.63) is 29.8 Å². The monoisotopic (exact) mass is 290 g/mol. The minimum absolute atomic E-state index is 0.0465. The minimum atomic E-state index is -0.345. The fourth-order valence-electron chi connectivity index (χ4n) is 2.33. The summed E-state index contributed by atoms with van der Waals surface area (Å²) < 4.78 is 5.22. The number of amides is 1. The number of hydrogen-bond donors (Lipinski definition) is 1. The molecule has 1 heterocycles. The van der Waals surface area contributed by atoms with Crippen LogP contribution in [0.5, 0.6) is 0 Å². The molecule has 1 aliphatic rings. The number of nitrogens with zero attached hydrogens (tertiary/aromatic N) is 1. The maximum absolute atomic E-state index is 12.2. The van der Waals surface area contributed by atoms with Gasteiger partial charge in [0.25, 0.3) is 0 Å². The fraction of sp³-hybridized carbons (Fsp3) is 0.500. The molecule has 21 heavy (non-hydrogen) atoms. The van der Waals surface area contributed by atoms with Crippen molar-refractivity contribution in [2.45, 2.75) is 26.3 Å². The summed E-state index contributed by atoms with van der Waals surface area (Å²) >= 11 is 0. The molecule has 1 saturated heterocycles. The highest BCUT2D eigenvalue weighted by Crippen LogP contribution is 2.23. The molecule has 1 aliphatic heterocycles. The highest BCUT2D eigenvalue weighted by molar-refractivity contribution is 6.00. The van der Waals surface area contributed by atoms with Crippen LogP contribution < -0.4 is 10.2 Å². The number of rotatable bonds is 5. The molecule has 0 bridgehead atoms. The second-order valence-electron chi connectivity index (χ2n) is 5.66. The number of ether oxygens (including phenoxy) is 1. The quantitative estimate of drug-likeness (QED) is 0.840. The maximum Gasteiger partial charge on any atom is 0.338 e. The van der Waals surface area contributed by atoms with E-state index in [1.807, 2.05) is 19.9 Å². The van der Waals surface area contributed by atoms with E-state index in [1.165, 1.54) is 0 Å². The Morgan fingerprint density at radius 1 is 1.48 bits per heavy atom. The van der Waals surface area contributed by atoms with Gasteiger partial charge in [-0.05, 0) is 37.6 Å². The first-order valence-electron chi connectivity index (χ1n) is 7.28. The van der Waals surface area contributed by atoms with E-state index in [1.54, 1.807) is 30.1 Å². The lowest BCUT2D eigenvalue weighted by molar-refractivity contribution is -0.118. The van der Waals surface area contributed by atoms with Gasteiger partial charge in [-0.1, -0.05) is 19.9 Å². The first-order valence-corrected chi connectivity index (χ1v) is 7.28. The molecule has 0 spiro atoms. The summed E-state index contributed by atoms with van der Waals surface area (Å²) in [5, 5.41) is 3.00. The average Bonchev–Trinajstić information content (AvgIpc) is 2.85. The van der Waals surface area contributed by atoms with Crippen molar-refractivity contribution in [2.24, 2.45) is 5.92 Å². The number of carbonyl (C=O) groups excluding carboxylic acids is 2. The SMILES string of the molecule is CNC1CCN(c2cccc(C(=O)OCC(C)C)c2)C1=O. The number of benzene rings is 1. The molecule has 1 aromatic rings. The molecule has 114 valence electrons. The number of carbonyl (C=O) groups is 2. The fourth-order valence-corrected chi connectivity index (χ4v) is 2.33. The van der Waals surface area contributed by atoms with Crippen LogP contribution in [0.15, 0.2) is 24.3 Å². The van der Waals surface area contributed by atoms with Crippen molar-refractivity contribution in [3.63, 3.8) is 0 Å². The van der Waals surface area contributed by atoms with E-state index in [0.29, 0.717) is 24.6 Å². The minimum Gasteiger partial charge on any atom is -0.462 e. The molecule has 5 nitrogen and oxygen atoms in total. The van der Waals surface area contributed by atoms with Crippen LogP contribution in [0.2, 0.25) is 0 Å². The molecular weight excluding hydrogens is 268 g/mol. The average molecular weight is 290 g/mol. The highest BCUT2D eigenvalue weighted by Gasteiger charge is 2.31. The molecule has 1 unspecified atom stereocenters. The molecule has 5 heteroatoms. The third-order valence-electron chi connectivity index (χ3n) is 3.50. The van der Waals surface area contributed by atoms with Crippen molar-refractivity contribution in [1.82, 2.24) is 5.32 Å². The normalized spacial score (nSPS) is 18.4. The predicted octanol–water partition coefficient (Wildman–Crippen LogP) is 1.82. The summed E-state index contributed by atoms with van der Waals surface area (Å²) in [5.41, 5.74) is 1.23. The third kappa shape index (κ3) is 3.61. The Kier molecular flexibility index (Phi) is 4.96. The number of esters is 1. The third-order valence-corrected chi connectivity index (χ3v) is 3.50. The van der Waals surface area contributed by atoms with Crippen LogP contribution in [0.4, 0.5) is 5.69 Å². The molecule has 1 fully saturated rings. The van der Waals surface area contributed by atoms with Gasteiger partial charge in [0.1, 0.15) is 0 Å². The van der Waals surface area contributed by atoms with Crippen molar-refractivity contribution < 1.29 is 14.3 Å². The summed E-state index contributed by atoms with van der Waals surface area (Å²) in [6, 6.07) is 6.92. The zero-order valence-corrected chi connectivity index (χ0v) is 12.8. The van der Waals surface area contributed by atoms with E-state index in [4.69, 9.17) is 4.74 Å². The number of hydrogen-bond acceptors (Lipinski definition) is 4. The largest absolute Gasteiger partial charge is 0.462 e. The summed E-state index contributed by atoms with van der Waals surface area (Å²) in [5.74, 6) is 0.00115. The Bertz CT molecular complexity index is 528. The topological polar surface area (TPSA) is 58.6 Å². The van der Waals surface area contributed by atoms with Crippen LogP contribution in [-0.2, 0) is 9.53 Å². The van der Waals surface area contributed by atoms with Crippen LogP contribution in [-0.4, -0.2) is 38.1 Å². The van der Waals surface area contributed by atoms with Gasteiger partial charge < -0.3 is 15.0 Å². The highest BCUT2D eigenvalue weighted by atomic mass is 16.5. The second-order valence-corrected chi connectivity index (χ2v) is 5.66. The van der Waals surface area contributed by atoms with Gasteiger partial charge in [-0.2, -0.15) is 0 Å². The summed E-state index contributed by atoms with van der Waals surface area (Å²) in [4.78, 5) is 25.9. The first kappa shape index (κ1) is 15.5. The second kappa shape index (κ2) is 6.72. The van der Waals surface area contributed by atoms with Gasteiger partial charge in [0.15, 0.2) is 0 Å². The van der Waals surface area contributed by atoms with Crippen LogP contribution in [0, 0.1) is 5.92 Å². The Labute approximate surface area is 125 Å². The number of likely N-dealkylation sites (N-methyl/N-ethyl adjacent to an activating group) is 1. The predicted molar refractivity (Wildman–Crippen MR) is 81.4 cm³/mol. The standard InChI is InChI=1S/C16H22N2O3/c1-11(2)10-21-16(20)12-5-4-6-13(9-12)18-8-7-14(17-3)15(18)19/h4-6,9,11,14,17H,7-8,10H2,1-3H3.